The Morgan fingerprint density at radius 2 is 1.25 bits per heavy atom. The Morgan fingerprint density at radius 1 is 0.875 bits per heavy atom. The van der Waals surface area contributed by atoms with E-state index in [2.05, 4.69) is 0 Å². The van der Waals surface area contributed by atoms with Gasteiger partial charge in [-0.05, 0) is 11.8 Å². The number of nitrogens with zero attached hydrogens (tertiary/aromatic N) is 1. The molecule has 0 aliphatic rings. The van der Waals surface area contributed by atoms with E-state index in [1.54, 1.807) is 13.8 Å². The minimum atomic E-state index is -1.39. The Labute approximate surface area is 91.7 Å². The number of pyridine rings is 1. The van der Waals surface area contributed by atoms with Crippen LogP contribution in [0.4, 0.5) is 17.6 Å². The Bertz CT molecular complexity index is 386. The van der Waals surface area contributed by atoms with Crippen LogP contribution in [0.2, 0.25) is 0 Å². The first kappa shape index (κ1) is 12.9. The standard InChI is InChI=1S/C11H14F4N/c1-5(2)6(3)7-8(12)10(14)16(4)11(15)9(7)13/h5-6H,1-4H3/q+1. The predicted molar refractivity (Wildman–Crippen MR) is 50.7 cm³/mol. The highest BCUT2D eigenvalue weighted by Gasteiger charge is 2.33. The van der Waals surface area contributed by atoms with Gasteiger partial charge in [0.1, 0.15) is 7.05 Å². The number of hydrogen-bond donors (Lipinski definition) is 0. The van der Waals surface area contributed by atoms with Crippen LogP contribution in [0.25, 0.3) is 0 Å². The first-order valence-electron chi connectivity index (χ1n) is 5.00. The van der Waals surface area contributed by atoms with Crippen molar-refractivity contribution in [3.8, 4) is 0 Å². The van der Waals surface area contributed by atoms with Gasteiger partial charge in [-0.1, -0.05) is 20.8 Å². The molecule has 5 heteroatoms. The summed E-state index contributed by atoms with van der Waals surface area (Å²) in [6.45, 7) is 4.99. The second-order valence-corrected chi connectivity index (χ2v) is 4.21. The van der Waals surface area contributed by atoms with Crippen LogP contribution in [-0.4, -0.2) is 0 Å². The fourth-order valence-corrected chi connectivity index (χ4v) is 1.43. The number of rotatable bonds is 2. The smallest absolute Gasteiger partial charge is 0.196 e. The van der Waals surface area contributed by atoms with E-state index >= 15 is 0 Å². The fraction of sp³-hybridized carbons (Fsp3) is 0.545. The summed E-state index contributed by atoms with van der Waals surface area (Å²) in [4.78, 5) is 0. The van der Waals surface area contributed by atoms with Gasteiger partial charge in [0, 0.05) is 5.56 Å². The van der Waals surface area contributed by atoms with Gasteiger partial charge in [0.2, 0.25) is 11.6 Å². The second-order valence-electron chi connectivity index (χ2n) is 4.21. The van der Waals surface area contributed by atoms with E-state index in [0.717, 1.165) is 7.05 Å². The van der Waals surface area contributed by atoms with E-state index in [9.17, 15) is 17.6 Å². The lowest BCUT2D eigenvalue weighted by atomic mass is 9.90. The molecule has 0 N–H and O–H groups in total. The topological polar surface area (TPSA) is 3.88 Å². The van der Waals surface area contributed by atoms with Crippen LogP contribution < -0.4 is 4.57 Å². The molecule has 1 heterocycles. The minimum absolute atomic E-state index is 0.115. The van der Waals surface area contributed by atoms with Crippen LogP contribution in [0.15, 0.2) is 0 Å². The van der Waals surface area contributed by atoms with E-state index in [0.29, 0.717) is 0 Å². The first-order chi connectivity index (χ1) is 7.29. The Kier molecular flexibility index (Phi) is 3.55. The molecule has 1 atom stereocenters. The zero-order valence-corrected chi connectivity index (χ0v) is 9.61. The minimum Gasteiger partial charge on any atom is -0.196 e. The van der Waals surface area contributed by atoms with Crippen molar-refractivity contribution in [2.45, 2.75) is 26.7 Å². The summed E-state index contributed by atoms with van der Waals surface area (Å²) >= 11 is 0. The first-order valence-corrected chi connectivity index (χ1v) is 5.00. The summed E-state index contributed by atoms with van der Waals surface area (Å²) in [7, 11) is 0.931. The molecule has 1 aromatic heterocycles. The molecule has 0 bridgehead atoms. The summed E-state index contributed by atoms with van der Waals surface area (Å²) in [5.41, 5.74) is -0.525. The third-order valence-electron chi connectivity index (χ3n) is 2.88. The van der Waals surface area contributed by atoms with E-state index in [1.807, 2.05) is 0 Å². The molecule has 0 spiro atoms. The number of hydrogen-bond acceptors (Lipinski definition) is 0. The van der Waals surface area contributed by atoms with E-state index in [1.165, 1.54) is 6.92 Å². The average molecular weight is 236 g/mol. The molecule has 16 heavy (non-hydrogen) atoms. The van der Waals surface area contributed by atoms with Gasteiger partial charge in [-0.25, -0.2) is 0 Å². The van der Waals surface area contributed by atoms with Crippen molar-refractivity contribution in [3.63, 3.8) is 0 Å². The van der Waals surface area contributed by atoms with Gasteiger partial charge in [-0.3, -0.25) is 0 Å². The van der Waals surface area contributed by atoms with Gasteiger partial charge in [0.15, 0.2) is 0 Å². The van der Waals surface area contributed by atoms with Crippen LogP contribution in [0, 0.1) is 29.4 Å². The molecule has 1 unspecified atom stereocenters. The van der Waals surface area contributed by atoms with E-state index in [-0.39, 0.29) is 10.5 Å². The zero-order valence-electron chi connectivity index (χ0n) is 9.61. The molecule has 0 aliphatic carbocycles. The van der Waals surface area contributed by atoms with Crippen molar-refractivity contribution < 1.29 is 22.1 Å². The molecule has 1 aromatic rings. The van der Waals surface area contributed by atoms with Crippen molar-refractivity contribution >= 4 is 0 Å². The fourth-order valence-electron chi connectivity index (χ4n) is 1.43. The van der Waals surface area contributed by atoms with Crippen LogP contribution in [0.5, 0.6) is 0 Å². The van der Waals surface area contributed by atoms with Crippen LogP contribution in [0.1, 0.15) is 32.3 Å². The number of halogens is 4. The summed E-state index contributed by atoms with van der Waals surface area (Å²) in [5.74, 6) is -6.12. The third-order valence-corrected chi connectivity index (χ3v) is 2.88. The lowest BCUT2D eigenvalue weighted by molar-refractivity contribution is -0.730. The Morgan fingerprint density at radius 3 is 1.56 bits per heavy atom. The molecule has 0 fully saturated rings. The Balaban J connectivity index is 3.51. The molecule has 1 nitrogen and oxygen atoms in total. The predicted octanol–water partition coefficient (Wildman–Crippen LogP) is 2.83. The van der Waals surface area contributed by atoms with Crippen molar-refractivity contribution in [2.24, 2.45) is 13.0 Å². The van der Waals surface area contributed by atoms with E-state index < -0.39 is 35.0 Å². The zero-order chi connectivity index (χ0) is 12.6. The van der Waals surface area contributed by atoms with Gasteiger partial charge in [-0.15, -0.1) is 13.3 Å². The molecule has 1 rings (SSSR count). The largest absolute Gasteiger partial charge is 0.398 e. The molecule has 90 valence electrons. The molecule has 0 amide bonds. The van der Waals surface area contributed by atoms with Crippen LogP contribution in [-0.2, 0) is 7.05 Å². The van der Waals surface area contributed by atoms with Gasteiger partial charge in [0.05, 0.1) is 0 Å². The highest BCUT2D eigenvalue weighted by atomic mass is 19.2. The second kappa shape index (κ2) is 4.39. The van der Waals surface area contributed by atoms with Gasteiger partial charge in [-0.2, -0.15) is 8.78 Å². The maximum atomic E-state index is 13.5. The lowest BCUT2D eigenvalue weighted by Gasteiger charge is -2.16. The lowest BCUT2D eigenvalue weighted by Crippen LogP contribution is -2.41. The van der Waals surface area contributed by atoms with E-state index in [4.69, 9.17) is 0 Å². The third kappa shape index (κ3) is 1.90. The van der Waals surface area contributed by atoms with Crippen molar-refractivity contribution in [1.29, 1.82) is 0 Å². The van der Waals surface area contributed by atoms with Crippen molar-refractivity contribution in [2.75, 3.05) is 0 Å². The monoisotopic (exact) mass is 236 g/mol. The molecule has 0 saturated carbocycles. The normalized spacial score (nSPS) is 13.3. The van der Waals surface area contributed by atoms with Crippen LogP contribution in [0.3, 0.4) is 0 Å². The molecule has 0 radical (unpaired) electrons. The molecule has 0 saturated heterocycles. The van der Waals surface area contributed by atoms with Crippen molar-refractivity contribution in [1.82, 2.24) is 0 Å². The molecular weight excluding hydrogens is 222 g/mol. The van der Waals surface area contributed by atoms with Gasteiger partial charge >= 0.3 is 11.9 Å². The number of aromatic nitrogens is 1. The summed E-state index contributed by atoms with van der Waals surface area (Å²) < 4.78 is 53.7. The van der Waals surface area contributed by atoms with Gasteiger partial charge < -0.3 is 0 Å². The average Bonchev–Trinajstić information content (AvgIpc) is 2.23. The maximum Gasteiger partial charge on any atom is 0.398 e. The summed E-state index contributed by atoms with van der Waals surface area (Å²) in [5, 5.41) is 0. The molecule has 0 aromatic carbocycles. The summed E-state index contributed by atoms with van der Waals surface area (Å²) in [6.07, 6.45) is 0. The SMILES string of the molecule is CC(C)C(C)c1c(F)c(F)[n+](C)c(F)c1F. The molecule has 0 aliphatic heterocycles. The van der Waals surface area contributed by atoms with Gasteiger partial charge in [0.25, 0.3) is 0 Å². The molecular formula is C11H14F4N+. The summed E-state index contributed by atoms with van der Waals surface area (Å²) in [6, 6.07) is 0. The quantitative estimate of drug-likeness (QED) is 0.422. The highest BCUT2D eigenvalue weighted by Crippen LogP contribution is 2.29. The Hall–Kier alpha value is -1.13. The van der Waals surface area contributed by atoms with Crippen molar-refractivity contribution in [3.05, 3.63) is 29.1 Å². The highest BCUT2D eigenvalue weighted by molar-refractivity contribution is 5.19. The van der Waals surface area contributed by atoms with Crippen LogP contribution >= 0.6 is 0 Å². The maximum absolute atomic E-state index is 13.5.